The first kappa shape index (κ1) is 18.4. The van der Waals surface area contributed by atoms with Crippen molar-refractivity contribution < 1.29 is 19.0 Å². The number of fused-ring (bicyclic) bond motifs is 6. The highest BCUT2D eigenvalue weighted by atomic mass is 16.5. The van der Waals surface area contributed by atoms with E-state index in [9.17, 15) is 9.90 Å². The molecule has 1 N–H and O–H groups in total. The summed E-state index contributed by atoms with van der Waals surface area (Å²) in [4.78, 5) is 12.3. The smallest absolute Gasteiger partial charge is 0.336 e. The van der Waals surface area contributed by atoms with E-state index < -0.39 is 11.7 Å². The number of aryl methyl sites for hydroxylation is 1. The van der Waals surface area contributed by atoms with Gasteiger partial charge < -0.3 is 19.0 Å². The van der Waals surface area contributed by atoms with Crippen molar-refractivity contribution in [1.29, 1.82) is 0 Å². The lowest BCUT2D eigenvalue weighted by molar-refractivity contribution is 0.0151. The van der Waals surface area contributed by atoms with Crippen LogP contribution in [0, 0.1) is 5.92 Å². The highest BCUT2D eigenvalue weighted by Crippen LogP contribution is 2.52. The van der Waals surface area contributed by atoms with Gasteiger partial charge in [0.1, 0.15) is 23.2 Å². The Bertz CT molecular complexity index is 956. The molecule has 0 unspecified atom stereocenters. The van der Waals surface area contributed by atoms with Gasteiger partial charge in [-0.2, -0.15) is 0 Å². The maximum Gasteiger partial charge on any atom is 0.336 e. The Kier molecular flexibility index (Phi) is 4.26. The third kappa shape index (κ3) is 2.83. The fourth-order valence-electron chi connectivity index (χ4n) is 4.28. The average Bonchev–Trinajstić information content (AvgIpc) is 2.58. The van der Waals surface area contributed by atoms with Crippen molar-refractivity contribution in [3.8, 4) is 11.5 Å². The summed E-state index contributed by atoms with van der Waals surface area (Å²) in [7, 11) is 0. The second-order valence-electron chi connectivity index (χ2n) is 8.58. The zero-order valence-electron chi connectivity index (χ0n) is 16.7. The number of benzene rings is 1. The molecule has 0 aliphatic carbocycles. The predicted molar refractivity (Wildman–Crippen MR) is 104 cm³/mol. The molecule has 0 spiro atoms. The van der Waals surface area contributed by atoms with E-state index in [1.165, 1.54) is 0 Å². The van der Waals surface area contributed by atoms with E-state index in [0.29, 0.717) is 16.9 Å². The zero-order valence-corrected chi connectivity index (χ0v) is 16.7. The van der Waals surface area contributed by atoms with E-state index in [4.69, 9.17) is 13.9 Å². The van der Waals surface area contributed by atoms with Crippen LogP contribution in [0.1, 0.15) is 70.3 Å². The van der Waals surface area contributed by atoms with Gasteiger partial charge in [-0.1, -0.05) is 20.3 Å². The molecule has 0 amide bonds. The molecule has 27 heavy (non-hydrogen) atoms. The summed E-state index contributed by atoms with van der Waals surface area (Å²) in [5, 5.41) is 11.9. The molecule has 0 fully saturated rings. The number of ether oxygens (including phenoxy) is 2. The maximum absolute atomic E-state index is 12.3. The van der Waals surface area contributed by atoms with Crippen molar-refractivity contribution in [3.05, 3.63) is 33.2 Å². The van der Waals surface area contributed by atoms with Gasteiger partial charge in [0.2, 0.25) is 0 Å². The molecule has 0 radical (unpaired) electrons. The highest BCUT2D eigenvalue weighted by molar-refractivity contribution is 5.94. The quantitative estimate of drug-likeness (QED) is 0.796. The molecule has 2 aromatic rings. The first-order valence-electron chi connectivity index (χ1n) is 9.92. The van der Waals surface area contributed by atoms with Gasteiger partial charge in [0, 0.05) is 17.5 Å². The SMILES string of the molecule is CCCc1cc(=O)oc2c3c(c4c(c12)OC(C)(C)CC4)O[C@H](C)[C@@H](C)[C@H]3O. The van der Waals surface area contributed by atoms with E-state index in [1.54, 1.807) is 6.07 Å². The van der Waals surface area contributed by atoms with Crippen LogP contribution in [0.5, 0.6) is 11.5 Å². The Morgan fingerprint density at radius 3 is 2.70 bits per heavy atom. The van der Waals surface area contributed by atoms with Crippen LogP contribution in [0.3, 0.4) is 0 Å². The van der Waals surface area contributed by atoms with Crippen LogP contribution in [-0.2, 0) is 12.8 Å². The lowest BCUT2D eigenvalue weighted by atomic mass is 9.83. The van der Waals surface area contributed by atoms with Crippen LogP contribution in [0.2, 0.25) is 0 Å². The van der Waals surface area contributed by atoms with Gasteiger partial charge in [-0.15, -0.1) is 0 Å². The molecular weight excluding hydrogens is 344 g/mol. The normalized spacial score (nSPS) is 26.1. The van der Waals surface area contributed by atoms with E-state index in [0.717, 1.165) is 47.9 Å². The molecule has 3 atom stereocenters. The summed E-state index contributed by atoms with van der Waals surface area (Å²) in [5.41, 5.74) is 2.22. The first-order valence-corrected chi connectivity index (χ1v) is 9.92. The van der Waals surface area contributed by atoms with Gasteiger partial charge in [-0.3, -0.25) is 0 Å². The molecule has 1 aromatic heterocycles. The summed E-state index contributed by atoms with van der Waals surface area (Å²) in [6.07, 6.45) is 2.45. The van der Waals surface area contributed by atoms with Crippen LogP contribution in [0.15, 0.2) is 15.3 Å². The van der Waals surface area contributed by atoms with E-state index >= 15 is 0 Å². The number of hydrogen-bond acceptors (Lipinski definition) is 5. The van der Waals surface area contributed by atoms with Crippen LogP contribution in [0.4, 0.5) is 0 Å². The molecule has 2 aliphatic heterocycles. The summed E-state index contributed by atoms with van der Waals surface area (Å²) in [5.74, 6) is 1.30. The van der Waals surface area contributed by atoms with E-state index in [-0.39, 0.29) is 17.6 Å². The molecule has 0 saturated carbocycles. The van der Waals surface area contributed by atoms with Gasteiger partial charge in [0.05, 0.1) is 17.1 Å². The van der Waals surface area contributed by atoms with Crippen molar-refractivity contribution >= 4 is 11.0 Å². The summed E-state index contributed by atoms with van der Waals surface area (Å²) >= 11 is 0. The molecule has 0 bridgehead atoms. The Morgan fingerprint density at radius 1 is 1.26 bits per heavy atom. The van der Waals surface area contributed by atoms with E-state index in [1.807, 2.05) is 13.8 Å². The topological polar surface area (TPSA) is 68.9 Å². The molecule has 4 rings (SSSR count). The second-order valence-corrected chi connectivity index (χ2v) is 8.58. The van der Waals surface area contributed by atoms with Gasteiger partial charge in [-0.25, -0.2) is 4.79 Å². The first-order chi connectivity index (χ1) is 12.7. The third-order valence-electron chi connectivity index (χ3n) is 6.02. The minimum absolute atomic E-state index is 0.0974. The largest absolute Gasteiger partial charge is 0.489 e. The number of hydrogen-bond donors (Lipinski definition) is 1. The van der Waals surface area contributed by atoms with Crippen molar-refractivity contribution in [2.24, 2.45) is 5.92 Å². The number of aliphatic hydroxyl groups excluding tert-OH is 1. The third-order valence-corrected chi connectivity index (χ3v) is 6.02. The Balaban J connectivity index is 2.14. The fraction of sp³-hybridized carbons (Fsp3) is 0.591. The summed E-state index contributed by atoms with van der Waals surface area (Å²) in [6.45, 7) is 10.1. The minimum atomic E-state index is -0.744. The molecule has 3 heterocycles. The van der Waals surface area contributed by atoms with Crippen LogP contribution in [-0.4, -0.2) is 16.8 Å². The lowest BCUT2D eigenvalue weighted by Gasteiger charge is -2.39. The fourth-order valence-corrected chi connectivity index (χ4v) is 4.28. The van der Waals surface area contributed by atoms with Crippen LogP contribution >= 0.6 is 0 Å². The lowest BCUT2D eigenvalue weighted by Crippen LogP contribution is -2.36. The summed E-state index contributed by atoms with van der Waals surface area (Å²) < 4.78 is 18.3. The van der Waals surface area contributed by atoms with Gasteiger partial charge in [0.25, 0.3) is 0 Å². The number of rotatable bonds is 2. The Hall–Kier alpha value is -2.01. The average molecular weight is 372 g/mol. The predicted octanol–water partition coefficient (Wildman–Crippen LogP) is 4.30. The van der Waals surface area contributed by atoms with Crippen LogP contribution in [0.25, 0.3) is 11.0 Å². The van der Waals surface area contributed by atoms with Gasteiger partial charge >= 0.3 is 5.63 Å². The molecule has 5 nitrogen and oxygen atoms in total. The Labute approximate surface area is 159 Å². The monoisotopic (exact) mass is 372 g/mol. The molecule has 2 aliphatic rings. The van der Waals surface area contributed by atoms with Gasteiger partial charge in [-0.05, 0) is 45.6 Å². The van der Waals surface area contributed by atoms with Crippen LogP contribution < -0.4 is 15.1 Å². The van der Waals surface area contributed by atoms with Crippen molar-refractivity contribution in [1.82, 2.24) is 0 Å². The van der Waals surface area contributed by atoms with Crippen molar-refractivity contribution in [3.63, 3.8) is 0 Å². The van der Waals surface area contributed by atoms with Crippen molar-refractivity contribution in [2.45, 2.75) is 78.1 Å². The molecule has 1 aromatic carbocycles. The Morgan fingerprint density at radius 2 is 2.00 bits per heavy atom. The summed E-state index contributed by atoms with van der Waals surface area (Å²) in [6, 6.07) is 1.56. The highest BCUT2D eigenvalue weighted by Gasteiger charge is 2.41. The minimum Gasteiger partial charge on any atom is -0.489 e. The van der Waals surface area contributed by atoms with Gasteiger partial charge in [0.15, 0.2) is 5.58 Å². The molecule has 146 valence electrons. The standard InChI is InChI=1S/C22H28O5/c1-6-7-13-10-15(23)26-21-16(13)20-14(8-9-22(4,5)27-20)19-17(21)18(24)11(2)12(3)25-19/h10-12,18,24H,6-9H2,1-5H3/t11-,12-,18-/m1/s1. The number of aliphatic hydroxyl groups is 1. The molecule has 0 saturated heterocycles. The van der Waals surface area contributed by atoms with E-state index in [2.05, 4.69) is 20.8 Å². The maximum atomic E-state index is 12.3. The molecule has 5 heteroatoms. The van der Waals surface area contributed by atoms with Crippen molar-refractivity contribution in [2.75, 3.05) is 0 Å². The second kappa shape index (κ2) is 6.26. The zero-order chi connectivity index (χ0) is 19.5. The molecular formula is C22H28O5.